The van der Waals surface area contributed by atoms with E-state index in [9.17, 15) is 9.18 Å². The predicted octanol–water partition coefficient (Wildman–Crippen LogP) is 2.39. The molecule has 0 amide bonds. The Morgan fingerprint density at radius 2 is 2.33 bits per heavy atom. The number of nitrogens with one attached hydrogen (secondary N) is 1. The lowest BCUT2D eigenvalue weighted by Crippen LogP contribution is -2.12. The van der Waals surface area contributed by atoms with Gasteiger partial charge in [-0.2, -0.15) is 0 Å². The van der Waals surface area contributed by atoms with Crippen LogP contribution < -0.4 is 5.56 Å². The normalized spacial score (nSPS) is 10.9. The van der Waals surface area contributed by atoms with Gasteiger partial charge in [0.05, 0.1) is 5.52 Å². The van der Waals surface area contributed by atoms with E-state index in [0.29, 0.717) is 17.4 Å². The number of aryl methyl sites for hydroxylation is 1. The highest BCUT2D eigenvalue weighted by atomic mass is 79.9. The Morgan fingerprint density at radius 1 is 1.60 bits per heavy atom. The molecule has 0 aliphatic carbocycles. The largest absolute Gasteiger partial charge is 0.319 e. The molecule has 3 nitrogen and oxygen atoms in total. The summed E-state index contributed by atoms with van der Waals surface area (Å²) in [6.07, 6.45) is 2.14. The van der Waals surface area contributed by atoms with Gasteiger partial charge in [0, 0.05) is 17.1 Å². The van der Waals surface area contributed by atoms with Crippen LogP contribution >= 0.6 is 15.9 Å². The molecule has 1 N–H and O–H groups in total. The Bertz CT molecular complexity index is 579. The summed E-state index contributed by atoms with van der Waals surface area (Å²) in [5.74, 6) is -0.535. The first-order valence-electron chi connectivity index (χ1n) is 4.49. The summed E-state index contributed by atoms with van der Waals surface area (Å²) in [7, 11) is 0. The van der Waals surface area contributed by atoms with Crippen LogP contribution in [-0.4, -0.2) is 9.97 Å². The highest BCUT2D eigenvalue weighted by Crippen LogP contribution is 2.20. The van der Waals surface area contributed by atoms with Crippen LogP contribution in [0.25, 0.3) is 10.9 Å². The van der Waals surface area contributed by atoms with Crippen molar-refractivity contribution in [3.8, 4) is 0 Å². The lowest BCUT2D eigenvalue weighted by molar-refractivity contribution is 0.622. The second-order valence-electron chi connectivity index (χ2n) is 3.17. The second-order valence-corrected chi connectivity index (χ2v) is 3.92. The Morgan fingerprint density at radius 3 is 3.00 bits per heavy atom. The van der Waals surface area contributed by atoms with Crippen LogP contribution in [0.2, 0.25) is 0 Å². The summed E-state index contributed by atoms with van der Waals surface area (Å²) in [5.41, 5.74) is 0.576. The van der Waals surface area contributed by atoms with E-state index in [1.807, 2.05) is 6.92 Å². The van der Waals surface area contributed by atoms with E-state index in [-0.39, 0.29) is 15.7 Å². The van der Waals surface area contributed by atoms with Crippen LogP contribution in [0.4, 0.5) is 4.39 Å². The van der Waals surface area contributed by atoms with E-state index < -0.39 is 5.82 Å². The number of H-pyrrole nitrogens is 1. The van der Waals surface area contributed by atoms with Gasteiger partial charge in [-0.25, -0.2) is 9.37 Å². The summed E-state index contributed by atoms with van der Waals surface area (Å²) in [5, 5.41) is 0.604. The monoisotopic (exact) mass is 270 g/mol. The maximum atomic E-state index is 13.5. The minimum absolute atomic E-state index is 0.106. The number of aromatic amines is 1. The Kier molecular flexibility index (Phi) is 2.56. The summed E-state index contributed by atoms with van der Waals surface area (Å²) in [6.45, 7) is 1.87. The minimum Gasteiger partial charge on any atom is -0.319 e. The topological polar surface area (TPSA) is 45.8 Å². The fraction of sp³-hybridized carbons (Fsp3) is 0.200. The van der Waals surface area contributed by atoms with Crippen molar-refractivity contribution >= 4 is 26.8 Å². The lowest BCUT2D eigenvalue weighted by Gasteiger charge is -2.02. The molecule has 0 spiro atoms. The van der Waals surface area contributed by atoms with Gasteiger partial charge in [-0.3, -0.25) is 4.79 Å². The Labute approximate surface area is 93.5 Å². The molecule has 0 fully saturated rings. The lowest BCUT2D eigenvalue weighted by atomic mass is 10.1. The third-order valence-corrected chi connectivity index (χ3v) is 2.80. The quantitative estimate of drug-likeness (QED) is 0.809. The van der Waals surface area contributed by atoms with Gasteiger partial charge in [0.25, 0.3) is 5.56 Å². The molecule has 0 radical (unpaired) electrons. The molecule has 2 heterocycles. The highest BCUT2D eigenvalue weighted by Gasteiger charge is 2.09. The molecule has 2 rings (SSSR count). The maximum absolute atomic E-state index is 13.5. The molecule has 0 atom stereocenters. The SMILES string of the molecule is CCc1cc2cnc(Br)c(F)c2[nH]c1=O. The van der Waals surface area contributed by atoms with Gasteiger partial charge in [-0.15, -0.1) is 0 Å². The molecule has 15 heavy (non-hydrogen) atoms. The van der Waals surface area contributed by atoms with Crippen molar-refractivity contribution in [3.05, 3.63) is 38.6 Å². The minimum atomic E-state index is -0.535. The third-order valence-electron chi connectivity index (χ3n) is 2.25. The number of hydrogen-bond acceptors (Lipinski definition) is 2. The van der Waals surface area contributed by atoms with Crippen LogP contribution in [0.1, 0.15) is 12.5 Å². The van der Waals surface area contributed by atoms with Crippen molar-refractivity contribution in [2.45, 2.75) is 13.3 Å². The van der Waals surface area contributed by atoms with E-state index in [0.717, 1.165) is 0 Å². The van der Waals surface area contributed by atoms with Gasteiger partial charge < -0.3 is 4.98 Å². The molecule has 2 aromatic rings. The zero-order valence-electron chi connectivity index (χ0n) is 7.97. The standard InChI is InChI=1S/C10H8BrFN2O/c1-2-5-3-6-4-13-9(11)7(12)8(6)14-10(5)15/h3-4H,2H2,1H3,(H,14,15). The number of pyridine rings is 2. The number of fused-ring (bicyclic) bond motifs is 1. The highest BCUT2D eigenvalue weighted by molar-refractivity contribution is 9.10. The molecule has 0 aromatic carbocycles. The van der Waals surface area contributed by atoms with Crippen LogP contribution in [0.3, 0.4) is 0 Å². The fourth-order valence-corrected chi connectivity index (χ4v) is 1.72. The molecule has 5 heteroatoms. The van der Waals surface area contributed by atoms with Gasteiger partial charge in [0.2, 0.25) is 0 Å². The van der Waals surface area contributed by atoms with Gasteiger partial charge in [-0.1, -0.05) is 6.92 Å². The number of rotatable bonds is 1. The zero-order valence-corrected chi connectivity index (χ0v) is 9.56. The summed E-state index contributed by atoms with van der Waals surface area (Å²) in [4.78, 5) is 17.8. The number of halogens is 2. The third kappa shape index (κ3) is 1.67. The van der Waals surface area contributed by atoms with E-state index in [4.69, 9.17) is 0 Å². The number of aromatic nitrogens is 2. The first-order valence-corrected chi connectivity index (χ1v) is 5.28. The predicted molar refractivity (Wildman–Crippen MR) is 59.4 cm³/mol. The van der Waals surface area contributed by atoms with E-state index >= 15 is 0 Å². The molecule has 2 aromatic heterocycles. The van der Waals surface area contributed by atoms with Crippen molar-refractivity contribution in [2.75, 3.05) is 0 Å². The molecule has 0 saturated heterocycles. The summed E-state index contributed by atoms with van der Waals surface area (Å²) < 4.78 is 13.6. The molecule has 0 saturated carbocycles. The van der Waals surface area contributed by atoms with Gasteiger partial charge in [0.1, 0.15) is 4.60 Å². The van der Waals surface area contributed by atoms with Gasteiger partial charge >= 0.3 is 0 Å². The molecule has 0 unspecified atom stereocenters. The molecule has 78 valence electrons. The Balaban J connectivity index is 2.87. The average molecular weight is 271 g/mol. The van der Waals surface area contributed by atoms with Crippen molar-refractivity contribution in [1.29, 1.82) is 0 Å². The van der Waals surface area contributed by atoms with Gasteiger partial charge in [-0.05, 0) is 28.4 Å². The van der Waals surface area contributed by atoms with Crippen LogP contribution in [-0.2, 0) is 6.42 Å². The van der Waals surface area contributed by atoms with Crippen LogP contribution in [0.15, 0.2) is 21.7 Å². The van der Waals surface area contributed by atoms with Crippen molar-refractivity contribution < 1.29 is 4.39 Å². The summed E-state index contributed by atoms with van der Waals surface area (Å²) in [6, 6.07) is 1.66. The maximum Gasteiger partial charge on any atom is 0.251 e. The van der Waals surface area contributed by atoms with Crippen LogP contribution in [0.5, 0.6) is 0 Å². The van der Waals surface area contributed by atoms with Gasteiger partial charge in [0.15, 0.2) is 5.82 Å². The second kappa shape index (κ2) is 3.73. The first-order chi connectivity index (χ1) is 7.13. The Hall–Kier alpha value is -1.23. The molecule has 0 aliphatic heterocycles. The smallest absolute Gasteiger partial charge is 0.251 e. The van der Waals surface area contributed by atoms with Crippen LogP contribution in [0, 0.1) is 5.82 Å². The van der Waals surface area contributed by atoms with E-state index in [1.54, 1.807) is 6.07 Å². The molecular formula is C10H8BrFN2O. The fourth-order valence-electron chi connectivity index (χ4n) is 1.42. The summed E-state index contributed by atoms with van der Waals surface area (Å²) >= 11 is 2.97. The van der Waals surface area contributed by atoms with Crippen molar-refractivity contribution in [1.82, 2.24) is 9.97 Å². The average Bonchev–Trinajstić information content (AvgIpc) is 2.24. The van der Waals surface area contributed by atoms with E-state index in [1.165, 1.54) is 6.20 Å². The van der Waals surface area contributed by atoms with Crippen molar-refractivity contribution in [3.63, 3.8) is 0 Å². The zero-order chi connectivity index (χ0) is 11.0. The molecule has 0 bridgehead atoms. The number of nitrogens with zero attached hydrogens (tertiary/aromatic N) is 1. The number of hydrogen-bond donors (Lipinski definition) is 1. The molecular weight excluding hydrogens is 263 g/mol. The molecule has 0 aliphatic rings. The van der Waals surface area contributed by atoms with Crippen molar-refractivity contribution in [2.24, 2.45) is 0 Å². The first kappa shape index (κ1) is 10.3. The van der Waals surface area contributed by atoms with E-state index in [2.05, 4.69) is 25.9 Å².